The monoisotopic (exact) mass is 381 g/mol. The maximum atomic E-state index is 12.2. The molecule has 1 N–H and O–H groups in total. The number of hydrogen-bond acceptors (Lipinski definition) is 5. The zero-order valence-electron chi connectivity index (χ0n) is 14.7. The summed E-state index contributed by atoms with van der Waals surface area (Å²) in [6, 6.07) is 5.41. The van der Waals surface area contributed by atoms with Gasteiger partial charge in [0, 0.05) is 17.5 Å². The Balaban J connectivity index is 1.45. The number of Topliss-reactive ketones (excluding diaryl/α,β-unsaturated/α-hetero) is 1. The first-order valence-corrected chi connectivity index (χ1v) is 8.97. The molecule has 0 spiro atoms. The molecule has 2 aliphatic carbocycles. The van der Waals surface area contributed by atoms with Crippen LogP contribution < -0.4 is 10.1 Å². The summed E-state index contributed by atoms with van der Waals surface area (Å²) < 4.78 is 33.5. The maximum absolute atomic E-state index is 12.2. The van der Waals surface area contributed by atoms with Crippen molar-refractivity contribution in [2.24, 2.45) is 17.8 Å². The number of esters is 1. The smallest absolute Gasteiger partial charge is 0.387 e. The van der Waals surface area contributed by atoms with Gasteiger partial charge in [0.05, 0.1) is 5.92 Å². The van der Waals surface area contributed by atoms with Crippen LogP contribution in [-0.4, -0.2) is 30.9 Å². The van der Waals surface area contributed by atoms with E-state index in [1.165, 1.54) is 24.3 Å². The number of carbonyl (C=O) groups is 3. The van der Waals surface area contributed by atoms with Crippen LogP contribution in [0.1, 0.15) is 32.1 Å². The molecule has 0 unspecified atom stereocenters. The number of carbonyl (C=O) groups excluding carboxylic acids is 3. The third-order valence-electron chi connectivity index (χ3n) is 5.09. The topological polar surface area (TPSA) is 81.7 Å². The Bertz CT molecular complexity index is 691. The van der Waals surface area contributed by atoms with Gasteiger partial charge in [0.25, 0.3) is 5.91 Å². The van der Waals surface area contributed by atoms with Crippen molar-refractivity contribution in [3.63, 3.8) is 0 Å². The Morgan fingerprint density at radius 1 is 1.11 bits per heavy atom. The lowest BCUT2D eigenvalue weighted by molar-refractivity contribution is -0.155. The minimum absolute atomic E-state index is 0.0215. The standard InChI is InChI=1S/C19H21F2NO5/c20-19(21)27-15-6-4-14(5-7-15)22-16(23)10-26-18(25)13-8-11-2-1-3-12(9-13)17(11)24/h4-7,11-13,19H,1-3,8-10H2,(H,22,23)/t11-,12-/m1/s1. The molecule has 0 radical (unpaired) electrons. The number of alkyl halides is 2. The van der Waals surface area contributed by atoms with Crippen molar-refractivity contribution < 1.29 is 32.6 Å². The first kappa shape index (κ1) is 19.3. The second kappa shape index (κ2) is 8.45. The van der Waals surface area contributed by atoms with Crippen molar-refractivity contribution >= 4 is 23.3 Å². The molecule has 8 heteroatoms. The largest absolute Gasteiger partial charge is 0.455 e. The van der Waals surface area contributed by atoms with Gasteiger partial charge in [0.2, 0.25) is 0 Å². The van der Waals surface area contributed by atoms with E-state index in [-0.39, 0.29) is 29.3 Å². The molecule has 1 amide bonds. The van der Waals surface area contributed by atoms with E-state index in [0.29, 0.717) is 18.5 Å². The predicted octanol–water partition coefficient (Wildman–Crippen LogP) is 3.17. The van der Waals surface area contributed by atoms with Gasteiger partial charge in [0.1, 0.15) is 11.5 Å². The zero-order chi connectivity index (χ0) is 19.4. The van der Waals surface area contributed by atoms with Crippen LogP contribution in [-0.2, 0) is 19.1 Å². The fourth-order valence-electron chi connectivity index (χ4n) is 3.84. The van der Waals surface area contributed by atoms with E-state index in [0.717, 1.165) is 19.3 Å². The Kier molecular flexibility index (Phi) is 6.03. The highest BCUT2D eigenvalue weighted by Gasteiger charge is 2.41. The van der Waals surface area contributed by atoms with Gasteiger partial charge in [0.15, 0.2) is 6.61 Å². The van der Waals surface area contributed by atoms with Crippen LogP contribution >= 0.6 is 0 Å². The van der Waals surface area contributed by atoms with E-state index in [2.05, 4.69) is 10.1 Å². The number of ether oxygens (including phenoxy) is 2. The Labute approximate surface area is 155 Å². The predicted molar refractivity (Wildman–Crippen MR) is 91.2 cm³/mol. The van der Waals surface area contributed by atoms with Crippen LogP contribution in [0.3, 0.4) is 0 Å². The summed E-state index contributed by atoms with van der Waals surface area (Å²) in [4.78, 5) is 36.2. The Hall–Kier alpha value is -2.51. The van der Waals surface area contributed by atoms with Crippen molar-refractivity contribution in [1.82, 2.24) is 0 Å². The van der Waals surface area contributed by atoms with Gasteiger partial charge >= 0.3 is 12.6 Å². The van der Waals surface area contributed by atoms with Crippen molar-refractivity contribution in [3.8, 4) is 5.75 Å². The fraction of sp³-hybridized carbons (Fsp3) is 0.526. The lowest BCUT2D eigenvalue weighted by atomic mass is 9.67. The van der Waals surface area contributed by atoms with Crippen LogP contribution in [0.25, 0.3) is 0 Å². The van der Waals surface area contributed by atoms with Crippen LogP contribution in [0.15, 0.2) is 24.3 Å². The van der Waals surface area contributed by atoms with E-state index < -0.39 is 25.1 Å². The second-order valence-corrected chi connectivity index (χ2v) is 6.95. The molecule has 3 rings (SSSR count). The van der Waals surface area contributed by atoms with Crippen molar-refractivity contribution in [3.05, 3.63) is 24.3 Å². The minimum atomic E-state index is -2.92. The number of anilines is 1. The molecule has 146 valence electrons. The minimum Gasteiger partial charge on any atom is -0.455 e. The Morgan fingerprint density at radius 3 is 2.33 bits per heavy atom. The van der Waals surface area contributed by atoms with Gasteiger partial charge in [-0.2, -0.15) is 8.78 Å². The molecule has 6 nitrogen and oxygen atoms in total. The quantitative estimate of drug-likeness (QED) is 0.766. The van der Waals surface area contributed by atoms with Gasteiger partial charge in [-0.05, 0) is 49.9 Å². The van der Waals surface area contributed by atoms with Crippen LogP contribution in [0.2, 0.25) is 0 Å². The molecule has 0 heterocycles. The van der Waals surface area contributed by atoms with Gasteiger partial charge < -0.3 is 14.8 Å². The van der Waals surface area contributed by atoms with Gasteiger partial charge in [-0.3, -0.25) is 14.4 Å². The number of rotatable bonds is 6. The summed E-state index contributed by atoms with van der Waals surface area (Å²) in [6.07, 6.45) is 3.67. The van der Waals surface area contributed by atoms with Gasteiger partial charge in [-0.15, -0.1) is 0 Å². The summed E-state index contributed by atoms with van der Waals surface area (Å²) in [5, 5.41) is 2.51. The lowest BCUT2D eigenvalue weighted by Crippen LogP contribution is -2.40. The van der Waals surface area contributed by atoms with Crippen LogP contribution in [0.4, 0.5) is 14.5 Å². The number of ketones is 1. The number of hydrogen-bond donors (Lipinski definition) is 1. The maximum Gasteiger partial charge on any atom is 0.387 e. The van der Waals surface area contributed by atoms with Crippen molar-refractivity contribution in [2.45, 2.75) is 38.7 Å². The molecule has 2 aliphatic rings. The van der Waals surface area contributed by atoms with Crippen LogP contribution in [0, 0.1) is 17.8 Å². The van der Waals surface area contributed by atoms with E-state index in [4.69, 9.17) is 4.74 Å². The molecular weight excluding hydrogens is 360 g/mol. The van der Waals surface area contributed by atoms with Gasteiger partial charge in [-0.25, -0.2) is 0 Å². The average Bonchev–Trinajstić information content (AvgIpc) is 2.60. The van der Waals surface area contributed by atoms with E-state index in [9.17, 15) is 23.2 Å². The first-order valence-electron chi connectivity index (χ1n) is 8.97. The molecule has 2 bridgehead atoms. The molecule has 0 saturated heterocycles. The SMILES string of the molecule is O=C(COC(=O)C1C[C@H]2CCC[C@H](C1)C2=O)Nc1ccc(OC(F)F)cc1. The molecule has 0 aromatic heterocycles. The molecular formula is C19H21F2NO5. The van der Waals surface area contributed by atoms with E-state index in [1.807, 2.05) is 0 Å². The number of halogens is 2. The normalized spacial score (nSPS) is 24.4. The van der Waals surface area contributed by atoms with E-state index >= 15 is 0 Å². The summed E-state index contributed by atoms with van der Waals surface area (Å²) >= 11 is 0. The van der Waals surface area contributed by atoms with Crippen molar-refractivity contribution in [2.75, 3.05) is 11.9 Å². The highest BCUT2D eigenvalue weighted by molar-refractivity contribution is 5.93. The second-order valence-electron chi connectivity index (χ2n) is 6.95. The molecule has 0 aliphatic heterocycles. The average molecular weight is 381 g/mol. The third kappa shape index (κ3) is 5.02. The third-order valence-corrected chi connectivity index (χ3v) is 5.09. The highest BCUT2D eigenvalue weighted by atomic mass is 19.3. The first-order chi connectivity index (χ1) is 12.9. The number of benzene rings is 1. The number of nitrogens with one attached hydrogen (secondary N) is 1. The summed E-state index contributed by atoms with van der Waals surface area (Å²) in [5.41, 5.74) is 0.371. The zero-order valence-corrected chi connectivity index (χ0v) is 14.7. The molecule has 1 aromatic carbocycles. The molecule has 1 aromatic rings. The molecule has 2 atom stereocenters. The fourth-order valence-corrected chi connectivity index (χ4v) is 3.84. The molecule has 2 saturated carbocycles. The summed E-state index contributed by atoms with van der Waals surface area (Å²) in [7, 11) is 0. The van der Waals surface area contributed by atoms with Crippen molar-refractivity contribution in [1.29, 1.82) is 0 Å². The summed E-state index contributed by atoms with van der Waals surface area (Å²) in [5.74, 6) is -1.19. The van der Waals surface area contributed by atoms with E-state index in [1.54, 1.807) is 0 Å². The Morgan fingerprint density at radius 2 is 1.74 bits per heavy atom. The number of amides is 1. The van der Waals surface area contributed by atoms with Crippen LogP contribution in [0.5, 0.6) is 5.75 Å². The highest BCUT2D eigenvalue weighted by Crippen LogP contribution is 2.40. The summed E-state index contributed by atoms with van der Waals surface area (Å²) in [6.45, 7) is -3.35. The number of fused-ring (bicyclic) bond motifs is 2. The molecule has 2 fully saturated rings. The molecule has 27 heavy (non-hydrogen) atoms. The lowest BCUT2D eigenvalue weighted by Gasteiger charge is -2.36. The van der Waals surface area contributed by atoms with Gasteiger partial charge in [-0.1, -0.05) is 6.42 Å².